The maximum Gasteiger partial charge on any atom is 0.0575 e. The lowest BCUT2D eigenvalue weighted by molar-refractivity contribution is 0.363. The van der Waals surface area contributed by atoms with Crippen LogP contribution < -0.4 is 10.2 Å². The Hall–Kier alpha value is -1.25. The van der Waals surface area contributed by atoms with E-state index < -0.39 is 0 Å². The summed E-state index contributed by atoms with van der Waals surface area (Å²) in [6, 6.07) is 2.80. The SMILES string of the molecule is CNc1cncc(N2CCCC(C)C2C)c1. The Balaban J connectivity index is 2.21. The van der Waals surface area contributed by atoms with Crippen LogP contribution in [0.4, 0.5) is 11.4 Å². The lowest BCUT2D eigenvalue weighted by atomic mass is 9.92. The zero-order valence-electron chi connectivity index (χ0n) is 10.4. The zero-order chi connectivity index (χ0) is 11.5. The molecule has 1 aromatic rings. The summed E-state index contributed by atoms with van der Waals surface area (Å²) in [4.78, 5) is 6.76. The predicted molar refractivity (Wildman–Crippen MR) is 69.0 cm³/mol. The fraction of sp³-hybridized carbons (Fsp3) is 0.615. The summed E-state index contributed by atoms with van der Waals surface area (Å²) in [5.74, 6) is 0.770. The third-order valence-electron chi connectivity index (χ3n) is 3.72. The van der Waals surface area contributed by atoms with Crippen LogP contribution in [0.3, 0.4) is 0 Å². The third-order valence-corrected chi connectivity index (χ3v) is 3.72. The van der Waals surface area contributed by atoms with E-state index in [1.165, 1.54) is 18.5 Å². The normalized spacial score (nSPS) is 25.6. The molecule has 1 aliphatic rings. The molecule has 0 spiro atoms. The Morgan fingerprint density at radius 1 is 1.38 bits per heavy atom. The summed E-state index contributed by atoms with van der Waals surface area (Å²) in [6.07, 6.45) is 6.46. The van der Waals surface area contributed by atoms with Gasteiger partial charge in [-0.25, -0.2) is 0 Å². The second-order valence-electron chi connectivity index (χ2n) is 4.74. The van der Waals surface area contributed by atoms with Crippen molar-refractivity contribution in [3.05, 3.63) is 18.5 Å². The van der Waals surface area contributed by atoms with E-state index in [-0.39, 0.29) is 0 Å². The van der Waals surface area contributed by atoms with Crippen LogP contribution in [-0.4, -0.2) is 24.6 Å². The lowest BCUT2D eigenvalue weighted by Gasteiger charge is -2.39. The highest BCUT2D eigenvalue weighted by Crippen LogP contribution is 2.28. The van der Waals surface area contributed by atoms with Crippen molar-refractivity contribution in [1.29, 1.82) is 0 Å². The number of nitrogens with one attached hydrogen (secondary N) is 1. The molecule has 1 N–H and O–H groups in total. The quantitative estimate of drug-likeness (QED) is 0.829. The first-order valence-corrected chi connectivity index (χ1v) is 6.12. The van der Waals surface area contributed by atoms with E-state index in [1.54, 1.807) is 0 Å². The average Bonchev–Trinajstić information content (AvgIpc) is 2.33. The molecule has 2 rings (SSSR count). The summed E-state index contributed by atoms with van der Waals surface area (Å²) < 4.78 is 0. The van der Waals surface area contributed by atoms with E-state index in [2.05, 4.69) is 35.1 Å². The number of nitrogens with zero attached hydrogens (tertiary/aromatic N) is 2. The Morgan fingerprint density at radius 3 is 2.94 bits per heavy atom. The van der Waals surface area contributed by atoms with Crippen LogP contribution in [0.25, 0.3) is 0 Å². The average molecular weight is 219 g/mol. The first-order valence-electron chi connectivity index (χ1n) is 6.12. The van der Waals surface area contributed by atoms with E-state index in [0.717, 1.165) is 18.2 Å². The van der Waals surface area contributed by atoms with E-state index in [4.69, 9.17) is 0 Å². The number of rotatable bonds is 2. The molecule has 2 heterocycles. The molecule has 0 aliphatic carbocycles. The summed E-state index contributed by atoms with van der Waals surface area (Å²) in [5.41, 5.74) is 2.33. The predicted octanol–water partition coefficient (Wildman–Crippen LogP) is 2.75. The number of aromatic nitrogens is 1. The smallest absolute Gasteiger partial charge is 0.0575 e. The summed E-state index contributed by atoms with van der Waals surface area (Å²) in [5, 5.41) is 3.14. The van der Waals surface area contributed by atoms with Crippen molar-refractivity contribution in [2.45, 2.75) is 32.7 Å². The van der Waals surface area contributed by atoms with Crippen molar-refractivity contribution in [1.82, 2.24) is 4.98 Å². The van der Waals surface area contributed by atoms with Gasteiger partial charge in [-0.3, -0.25) is 4.98 Å². The van der Waals surface area contributed by atoms with E-state index in [0.29, 0.717) is 6.04 Å². The molecule has 3 heteroatoms. The van der Waals surface area contributed by atoms with Crippen LogP contribution in [0.1, 0.15) is 26.7 Å². The standard InChI is InChI=1S/C13H21N3/c1-10-5-4-6-16(11(10)2)13-7-12(14-3)8-15-9-13/h7-11,14H,4-6H2,1-3H3. The first kappa shape index (κ1) is 11.2. The Labute approximate surface area is 97.9 Å². The molecule has 2 unspecified atom stereocenters. The van der Waals surface area contributed by atoms with Crippen molar-refractivity contribution in [3.63, 3.8) is 0 Å². The second-order valence-corrected chi connectivity index (χ2v) is 4.74. The molecule has 1 fully saturated rings. The fourth-order valence-corrected chi connectivity index (χ4v) is 2.42. The molecule has 3 nitrogen and oxygen atoms in total. The fourth-order valence-electron chi connectivity index (χ4n) is 2.42. The maximum absolute atomic E-state index is 4.29. The molecule has 0 bridgehead atoms. The van der Waals surface area contributed by atoms with Gasteiger partial charge in [0, 0.05) is 19.6 Å². The van der Waals surface area contributed by atoms with Gasteiger partial charge in [0.1, 0.15) is 0 Å². The van der Waals surface area contributed by atoms with Gasteiger partial charge < -0.3 is 10.2 Å². The van der Waals surface area contributed by atoms with Crippen LogP contribution in [-0.2, 0) is 0 Å². The number of piperidine rings is 1. The summed E-state index contributed by atoms with van der Waals surface area (Å²) in [7, 11) is 1.93. The summed E-state index contributed by atoms with van der Waals surface area (Å²) in [6.45, 7) is 5.81. The monoisotopic (exact) mass is 219 g/mol. The molecule has 1 aliphatic heterocycles. The molecule has 0 saturated carbocycles. The molecule has 0 radical (unpaired) electrons. The molecule has 88 valence electrons. The van der Waals surface area contributed by atoms with Crippen LogP contribution in [0, 0.1) is 5.92 Å². The number of pyridine rings is 1. The molecule has 1 saturated heterocycles. The highest BCUT2D eigenvalue weighted by Gasteiger charge is 2.24. The third kappa shape index (κ3) is 2.13. The van der Waals surface area contributed by atoms with Crippen molar-refractivity contribution >= 4 is 11.4 Å². The van der Waals surface area contributed by atoms with Gasteiger partial charge in [0.2, 0.25) is 0 Å². The lowest BCUT2D eigenvalue weighted by Crippen LogP contribution is -2.42. The molecule has 16 heavy (non-hydrogen) atoms. The largest absolute Gasteiger partial charge is 0.387 e. The van der Waals surface area contributed by atoms with Crippen molar-refractivity contribution in [2.75, 3.05) is 23.8 Å². The number of anilines is 2. The van der Waals surface area contributed by atoms with Crippen LogP contribution >= 0.6 is 0 Å². The molecule has 0 amide bonds. The van der Waals surface area contributed by atoms with Crippen LogP contribution in [0.15, 0.2) is 18.5 Å². The van der Waals surface area contributed by atoms with Gasteiger partial charge in [0.15, 0.2) is 0 Å². The Kier molecular flexibility index (Phi) is 3.32. The van der Waals surface area contributed by atoms with Crippen molar-refractivity contribution in [2.24, 2.45) is 5.92 Å². The number of hydrogen-bond donors (Lipinski definition) is 1. The molecular weight excluding hydrogens is 198 g/mol. The van der Waals surface area contributed by atoms with Crippen LogP contribution in [0.5, 0.6) is 0 Å². The number of hydrogen-bond acceptors (Lipinski definition) is 3. The highest BCUT2D eigenvalue weighted by molar-refractivity contribution is 5.56. The van der Waals surface area contributed by atoms with E-state index in [9.17, 15) is 0 Å². The topological polar surface area (TPSA) is 28.2 Å². The van der Waals surface area contributed by atoms with Gasteiger partial charge in [-0.1, -0.05) is 6.92 Å². The molecule has 1 aromatic heterocycles. The van der Waals surface area contributed by atoms with Gasteiger partial charge in [-0.2, -0.15) is 0 Å². The van der Waals surface area contributed by atoms with Gasteiger partial charge in [0.05, 0.1) is 23.8 Å². The Morgan fingerprint density at radius 2 is 2.19 bits per heavy atom. The van der Waals surface area contributed by atoms with Gasteiger partial charge in [-0.15, -0.1) is 0 Å². The van der Waals surface area contributed by atoms with Gasteiger partial charge in [0.25, 0.3) is 0 Å². The van der Waals surface area contributed by atoms with Gasteiger partial charge >= 0.3 is 0 Å². The molecule has 2 atom stereocenters. The van der Waals surface area contributed by atoms with Gasteiger partial charge in [-0.05, 0) is 31.7 Å². The summed E-state index contributed by atoms with van der Waals surface area (Å²) >= 11 is 0. The maximum atomic E-state index is 4.29. The molecule has 0 aromatic carbocycles. The zero-order valence-corrected chi connectivity index (χ0v) is 10.4. The minimum atomic E-state index is 0.614. The Bertz CT molecular complexity index is 351. The van der Waals surface area contributed by atoms with Crippen molar-refractivity contribution < 1.29 is 0 Å². The van der Waals surface area contributed by atoms with Crippen molar-refractivity contribution in [3.8, 4) is 0 Å². The highest BCUT2D eigenvalue weighted by atomic mass is 15.2. The molecular formula is C13H21N3. The van der Waals surface area contributed by atoms with E-state index >= 15 is 0 Å². The minimum Gasteiger partial charge on any atom is -0.387 e. The minimum absolute atomic E-state index is 0.614. The second kappa shape index (κ2) is 4.73. The first-order chi connectivity index (χ1) is 7.72. The van der Waals surface area contributed by atoms with E-state index in [1.807, 2.05) is 19.4 Å². The van der Waals surface area contributed by atoms with Crippen LogP contribution in [0.2, 0.25) is 0 Å².